The lowest BCUT2D eigenvalue weighted by atomic mass is 9.87. The van der Waals surface area contributed by atoms with Crippen LogP contribution in [0.4, 0.5) is 10.1 Å². The first-order valence-electron chi connectivity index (χ1n) is 6.61. The fraction of sp³-hybridized carbons (Fsp3) is 0.467. The number of ketones is 1. The molecule has 1 aliphatic heterocycles. The van der Waals surface area contributed by atoms with Crippen LogP contribution in [0.3, 0.4) is 0 Å². The average Bonchev–Trinajstić information content (AvgIpc) is 2.38. The summed E-state index contributed by atoms with van der Waals surface area (Å²) in [4.78, 5) is 26.4. The van der Waals surface area contributed by atoms with E-state index in [4.69, 9.17) is 0 Å². The maximum absolute atomic E-state index is 12.9. The smallest absolute Gasteiger partial charge is 0.237 e. The van der Waals surface area contributed by atoms with Gasteiger partial charge in [-0.3, -0.25) is 9.59 Å². The average molecular weight is 342 g/mol. The van der Waals surface area contributed by atoms with Crippen LogP contribution in [0, 0.1) is 11.7 Å². The van der Waals surface area contributed by atoms with Gasteiger partial charge in [-0.05, 0) is 51.0 Å². The zero-order valence-electron chi connectivity index (χ0n) is 11.5. The van der Waals surface area contributed by atoms with Crippen molar-refractivity contribution in [2.75, 3.05) is 11.4 Å². The minimum absolute atomic E-state index is 0.102. The van der Waals surface area contributed by atoms with Crippen molar-refractivity contribution in [1.82, 2.24) is 0 Å². The van der Waals surface area contributed by atoms with Gasteiger partial charge in [-0.25, -0.2) is 4.39 Å². The summed E-state index contributed by atoms with van der Waals surface area (Å²) in [7, 11) is 0. The topological polar surface area (TPSA) is 37.4 Å². The van der Waals surface area contributed by atoms with Crippen molar-refractivity contribution in [2.24, 2.45) is 5.92 Å². The summed E-state index contributed by atoms with van der Waals surface area (Å²) in [5.74, 6) is -1.26. The molecule has 1 aromatic rings. The second-order valence-corrected chi connectivity index (χ2v) is 7.48. The minimum atomic E-state index is -0.709. The molecule has 0 bridgehead atoms. The summed E-state index contributed by atoms with van der Waals surface area (Å²) < 4.78 is 12.2. The molecule has 1 fully saturated rings. The Morgan fingerprint density at radius 1 is 1.35 bits per heavy atom. The van der Waals surface area contributed by atoms with E-state index < -0.39 is 10.2 Å². The third-order valence-corrected chi connectivity index (χ3v) is 3.87. The highest BCUT2D eigenvalue weighted by Crippen LogP contribution is 2.30. The molecule has 0 aromatic heterocycles. The summed E-state index contributed by atoms with van der Waals surface area (Å²) in [5.41, 5.74) is 0.640. The second-order valence-electron chi connectivity index (χ2n) is 5.50. The van der Waals surface area contributed by atoms with E-state index in [0.717, 1.165) is 6.42 Å². The number of hydrogen-bond donors (Lipinski definition) is 0. The number of alkyl halides is 1. The van der Waals surface area contributed by atoms with Gasteiger partial charge in [0, 0.05) is 12.2 Å². The number of halogens is 2. The molecule has 1 heterocycles. The third kappa shape index (κ3) is 3.08. The van der Waals surface area contributed by atoms with Crippen molar-refractivity contribution in [3.8, 4) is 0 Å². The Bertz CT molecular complexity index is 522. The first-order valence-corrected chi connectivity index (χ1v) is 7.40. The molecule has 2 rings (SSSR count). The third-order valence-electron chi connectivity index (χ3n) is 3.48. The lowest BCUT2D eigenvalue weighted by molar-refractivity contribution is -0.134. The summed E-state index contributed by atoms with van der Waals surface area (Å²) >= 11 is 3.32. The lowest BCUT2D eigenvalue weighted by Crippen LogP contribution is -2.48. The number of hydrogen-bond acceptors (Lipinski definition) is 2. The van der Waals surface area contributed by atoms with Gasteiger partial charge in [0.2, 0.25) is 5.91 Å². The number of benzene rings is 1. The quantitative estimate of drug-likeness (QED) is 0.624. The maximum atomic E-state index is 12.9. The minimum Gasteiger partial charge on any atom is -0.312 e. The molecule has 1 amide bonds. The Hall–Kier alpha value is -1.23. The van der Waals surface area contributed by atoms with Gasteiger partial charge in [0.25, 0.3) is 0 Å². The Morgan fingerprint density at radius 3 is 2.50 bits per heavy atom. The molecule has 0 spiro atoms. The Morgan fingerprint density at radius 2 is 1.95 bits per heavy atom. The normalized spacial score (nSPS) is 20.1. The predicted octanol–water partition coefficient (Wildman–Crippen LogP) is 3.31. The number of rotatable bonds is 3. The molecule has 5 heteroatoms. The van der Waals surface area contributed by atoms with E-state index >= 15 is 0 Å². The number of carbonyl (C=O) groups excluding carboxylic acids is 2. The van der Waals surface area contributed by atoms with E-state index in [1.807, 2.05) is 0 Å². The summed E-state index contributed by atoms with van der Waals surface area (Å²) in [6.07, 6.45) is 1.34. The highest BCUT2D eigenvalue weighted by Gasteiger charge is 2.40. The van der Waals surface area contributed by atoms with E-state index in [1.165, 1.54) is 12.1 Å². The van der Waals surface area contributed by atoms with Crippen LogP contribution in [-0.4, -0.2) is 22.6 Å². The maximum Gasteiger partial charge on any atom is 0.237 e. The molecule has 0 unspecified atom stereocenters. The molecule has 1 saturated heterocycles. The fourth-order valence-corrected chi connectivity index (χ4v) is 2.69. The highest BCUT2D eigenvalue weighted by molar-refractivity contribution is 9.10. The van der Waals surface area contributed by atoms with Crippen molar-refractivity contribution in [1.29, 1.82) is 0 Å². The van der Waals surface area contributed by atoms with Gasteiger partial charge < -0.3 is 4.90 Å². The molecule has 1 aromatic carbocycles. The summed E-state index contributed by atoms with van der Waals surface area (Å²) in [5, 5.41) is 0. The van der Waals surface area contributed by atoms with Crippen LogP contribution in [0.15, 0.2) is 24.3 Å². The zero-order valence-corrected chi connectivity index (χ0v) is 13.1. The van der Waals surface area contributed by atoms with Gasteiger partial charge in [-0.15, -0.1) is 0 Å². The Balaban J connectivity index is 2.23. The number of anilines is 1. The largest absolute Gasteiger partial charge is 0.312 e. The first-order chi connectivity index (χ1) is 9.30. The van der Waals surface area contributed by atoms with Crippen LogP contribution in [0.2, 0.25) is 0 Å². The summed E-state index contributed by atoms with van der Waals surface area (Å²) in [6.45, 7) is 4.07. The lowest BCUT2D eigenvalue weighted by Gasteiger charge is -2.33. The fourth-order valence-electron chi connectivity index (χ4n) is 2.41. The highest BCUT2D eigenvalue weighted by atomic mass is 79.9. The second kappa shape index (κ2) is 5.64. The molecule has 108 valence electrons. The molecule has 0 aliphatic carbocycles. The van der Waals surface area contributed by atoms with E-state index in [2.05, 4.69) is 15.9 Å². The SMILES string of the molecule is CC(C)(Br)C(=O)[C@@H]1CCCN(c2ccc(F)cc2)C1=O. The standard InChI is InChI=1S/C15H17BrFNO2/c1-15(2,16)13(19)12-4-3-9-18(14(12)20)11-7-5-10(17)6-8-11/h5-8,12H,3-4,9H2,1-2H3/t12-/m0/s1. The molecule has 0 saturated carbocycles. The van der Waals surface area contributed by atoms with E-state index in [-0.39, 0.29) is 17.5 Å². The number of carbonyl (C=O) groups is 2. The van der Waals surface area contributed by atoms with Crippen LogP contribution < -0.4 is 4.90 Å². The first kappa shape index (κ1) is 15.2. The van der Waals surface area contributed by atoms with Gasteiger partial charge >= 0.3 is 0 Å². The van der Waals surface area contributed by atoms with Crippen molar-refractivity contribution in [3.05, 3.63) is 30.1 Å². The van der Waals surface area contributed by atoms with Crippen LogP contribution in [0.5, 0.6) is 0 Å². The van der Waals surface area contributed by atoms with Gasteiger partial charge in [0.05, 0.1) is 10.2 Å². The molecule has 3 nitrogen and oxygen atoms in total. The van der Waals surface area contributed by atoms with Crippen LogP contribution in [0.25, 0.3) is 0 Å². The van der Waals surface area contributed by atoms with Crippen molar-refractivity contribution in [2.45, 2.75) is 31.0 Å². The number of nitrogens with zero attached hydrogens (tertiary/aromatic N) is 1. The number of amides is 1. The molecule has 1 aliphatic rings. The molecule has 20 heavy (non-hydrogen) atoms. The van der Waals surface area contributed by atoms with Gasteiger partial charge in [0.15, 0.2) is 5.78 Å². The number of Topliss-reactive ketones (excluding diaryl/α,β-unsaturated/α-hetero) is 1. The van der Waals surface area contributed by atoms with E-state index in [0.29, 0.717) is 18.7 Å². The molecule has 1 atom stereocenters. The number of piperidine rings is 1. The summed E-state index contributed by atoms with van der Waals surface area (Å²) in [6, 6.07) is 5.78. The van der Waals surface area contributed by atoms with Gasteiger partial charge in [-0.1, -0.05) is 15.9 Å². The zero-order chi connectivity index (χ0) is 14.9. The van der Waals surface area contributed by atoms with Crippen LogP contribution in [-0.2, 0) is 9.59 Å². The monoisotopic (exact) mass is 341 g/mol. The van der Waals surface area contributed by atoms with E-state index in [9.17, 15) is 14.0 Å². The Kier molecular flexibility index (Phi) is 4.28. The predicted molar refractivity (Wildman–Crippen MR) is 79.5 cm³/mol. The van der Waals surface area contributed by atoms with Crippen LogP contribution >= 0.6 is 15.9 Å². The van der Waals surface area contributed by atoms with Crippen molar-refractivity contribution >= 4 is 33.3 Å². The van der Waals surface area contributed by atoms with Crippen LogP contribution in [0.1, 0.15) is 26.7 Å². The molecular formula is C15H17BrFNO2. The van der Waals surface area contributed by atoms with Crippen molar-refractivity contribution < 1.29 is 14.0 Å². The molecule has 0 radical (unpaired) electrons. The molecule has 0 N–H and O–H groups in total. The van der Waals surface area contributed by atoms with Gasteiger partial charge in [0.1, 0.15) is 5.82 Å². The Labute approximate surface area is 126 Å². The van der Waals surface area contributed by atoms with Crippen molar-refractivity contribution in [3.63, 3.8) is 0 Å². The van der Waals surface area contributed by atoms with E-state index in [1.54, 1.807) is 30.9 Å². The van der Waals surface area contributed by atoms with Gasteiger partial charge in [-0.2, -0.15) is 0 Å². The molecular weight excluding hydrogens is 325 g/mol.